The maximum Gasteiger partial charge on any atom is 0.102 e. The molecular weight excluding hydrogens is 341 g/mol. The average Bonchev–Trinajstić information content (AvgIpc) is 2.60. The third-order valence-electron chi connectivity index (χ3n) is 3.19. The first-order chi connectivity index (χ1) is 10.4. The zero-order valence-electron chi connectivity index (χ0n) is 11.4. The van der Waals surface area contributed by atoms with E-state index in [9.17, 15) is 0 Å². The molecule has 0 aliphatic carbocycles. The van der Waals surface area contributed by atoms with Crippen LogP contribution in [0.15, 0.2) is 91.0 Å². The van der Waals surface area contributed by atoms with Crippen LogP contribution in [-0.2, 0) is 14.6 Å². The molecule has 0 radical (unpaired) electrons. The third-order valence-corrected chi connectivity index (χ3v) is 5.92. The zero-order valence-corrected chi connectivity index (χ0v) is 14.1. The standard InChI is InChI=1S/C18H15P.ClH.Ni/c1-4-10-16(11-5-1)19(17-12-6-2-7-13-17)18-14-8-3-9-15-18;;/h1-15H;1H;/q;;+1. The van der Waals surface area contributed by atoms with Crippen molar-refractivity contribution in [3.8, 4) is 0 Å². The average molecular weight is 357 g/mol. The Bertz CT molecular complexity index is 535. The number of rotatable bonds is 3. The van der Waals surface area contributed by atoms with Crippen LogP contribution in [0.25, 0.3) is 0 Å². The first kappa shape index (κ1) is 16.2. The van der Waals surface area contributed by atoms with Crippen LogP contribution in [0.2, 0.25) is 0 Å². The Morgan fingerprint density at radius 3 is 0.952 bits per heavy atom. The van der Waals surface area contributed by atoms with Gasteiger partial charge in [-0.1, -0.05) is 54.6 Å². The summed E-state index contributed by atoms with van der Waals surface area (Å²) in [6.07, 6.45) is 0. The van der Waals surface area contributed by atoms with Gasteiger partial charge in [0.2, 0.25) is 0 Å². The van der Waals surface area contributed by atoms with Crippen LogP contribution in [0.3, 0.4) is 0 Å². The number of benzene rings is 3. The minimum atomic E-state index is -0.877. The molecule has 3 aromatic rings. The fraction of sp³-hybridized carbons (Fsp3) is 0. The van der Waals surface area contributed by atoms with E-state index in [1.54, 1.807) is 0 Å². The van der Waals surface area contributed by atoms with Crippen molar-refractivity contribution in [1.82, 2.24) is 0 Å². The molecule has 0 heterocycles. The molecular formula is C18H16ClNiP+. The van der Waals surface area contributed by atoms with Gasteiger partial charge in [-0.15, -0.1) is 0 Å². The van der Waals surface area contributed by atoms with E-state index in [-0.39, 0.29) is 0 Å². The molecule has 0 amide bonds. The molecule has 0 saturated heterocycles. The van der Waals surface area contributed by atoms with Gasteiger partial charge >= 0.3 is 24.8 Å². The van der Waals surface area contributed by atoms with E-state index in [0.717, 1.165) is 0 Å². The second kappa shape index (κ2) is 9.01. The van der Waals surface area contributed by atoms with Crippen LogP contribution in [-0.4, -0.2) is 0 Å². The first-order valence-electron chi connectivity index (χ1n) is 6.60. The molecule has 0 saturated carbocycles. The molecule has 3 aromatic carbocycles. The largest absolute Gasteiger partial charge is 0.102 e. The van der Waals surface area contributed by atoms with Crippen LogP contribution < -0.4 is 15.9 Å². The number of hydrogen-bond acceptors (Lipinski definition) is 0. The van der Waals surface area contributed by atoms with E-state index in [1.807, 2.05) is 0 Å². The van der Waals surface area contributed by atoms with E-state index in [4.69, 9.17) is 0 Å². The van der Waals surface area contributed by atoms with Gasteiger partial charge in [0, 0.05) is 0 Å². The van der Waals surface area contributed by atoms with E-state index in [1.165, 1.54) is 15.9 Å². The van der Waals surface area contributed by atoms with Crippen molar-refractivity contribution in [2.24, 2.45) is 0 Å². The van der Waals surface area contributed by atoms with Crippen molar-refractivity contribution < 1.29 is 14.6 Å². The van der Waals surface area contributed by atoms with Crippen molar-refractivity contribution in [3.63, 3.8) is 0 Å². The topological polar surface area (TPSA) is 0 Å². The van der Waals surface area contributed by atoms with E-state index >= 15 is 0 Å². The quantitative estimate of drug-likeness (QED) is 0.493. The molecule has 0 fully saturated rings. The normalized spacial score (nSPS) is 9.90. The molecule has 109 valence electrons. The van der Waals surface area contributed by atoms with Crippen molar-refractivity contribution in [1.29, 1.82) is 0 Å². The van der Waals surface area contributed by atoms with Gasteiger partial charge in [0.05, 0.1) is 7.92 Å². The van der Waals surface area contributed by atoms with Crippen molar-refractivity contribution in [3.05, 3.63) is 91.0 Å². The Labute approximate surface area is 139 Å². The fourth-order valence-corrected chi connectivity index (χ4v) is 4.89. The molecule has 0 N–H and O–H groups in total. The van der Waals surface area contributed by atoms with Crippen molar-refractivity contribution >= 4 is 34.0 Å². The summed E-state index contributed by atoms with van der Waals surface area (Å²) < 4.78 is 0. The Hall–Kier alpha value is -1.13. The molecule has 0 aliphatic rings. The Morgan fingerprint density at radius 1 is 0.476 bits per heavy atom. The molecule has 0 aliphatic heterocycles. The van der Waals surface area contributed by atoms with Gasteiger partial charge in [-0.25, -0.2) is 0 Å². The molecule has 3 heteroatoms. The van der Waals surface area contributed by atoms with Gasteiger partial charge < -0.3 is 0 Å². The Kier molecular flexibility index (Phi) is 6.97. The van der Waals surface area contributed by atoms with Crippen LogP contribution >= 0.6 is 18.1 Å². The fourth-order valence-electron chi connectivity index (χ4n) is 2.31. The van der Waals surface area contributed by atoms with E-state index in [0.29, 0.717) is 0 Å². The predicted octanol–water partition coefficient (Wildman–Crippen LogP) is 3.86. The third kappa shape index (κ3) is 4.42. The molecule has 0 bridgehead atoms. The molecule has 0 aromatic heterocycles. The minimum absolute atomic E-state index is 0.877. The molecule has 0 unspecified atom stereocenters. The van der Waals surface area contributed by atoms with Crippen LogP contribution in [0.1, 0.15) is 0 Å². The van der Waals surface area contributed by atoms with Crippen LogP contribution in [0.4, 0.5) is 0 Å². The Morgan fingerprint density at radius 2 is 0.714 bits per heavy atom. The zero-order chi connectivity index (χ0) is 14.9. The summed E-state index contributed by atoms with van der Waals surface area (Å²) in [5.74, 6) is 0. The monoisotopic (exact) mass is 356 g/mol. The maximum absolute atomic E-state index is 4.26. The number of hydrogen-bond donors (Lipinski definition) is 0. The molecule has 21 heavy (non-hydrogen) atoms. The second-order valence-electron chi connectivity index (χ2n) is 4.47. The van der Waals surface area contributed by atoms with Crippen molar-refractivity contribution in [2.75, 3.05) is 0 Å². The van der Waals surface area contributed by atoms with Gasteiger partial charge in [-0.2, -0.15) is 0 Å². The molecule has 0 spiro atoms. The predicted molar refractivity (Wildman–Crippen MR) is 92.4 cm³/mol. The second-order valence-corrected chi connectivity index (χ2v) is 6.96. The summed E-state index contributed by atoms with van der Waals surface area (Å²) >= 11 is 3.35. The summed E-state index contributed by atoms with van der Waals surface area (Å²) in [7, 11) is 3.39. The summed E-state index contributed by atoms with van der Waals surface area (Å²) in [4.78, 5) is 0. The maximum atomic E-state index is 4.26. The smallest absolute Gasteiger partial charge is 0.0620 e. The first-order valence-corrected chi connectivity index (χ1v) is 9.46. The summed E-state index contributed by atoms with van der Waals surface area (Å²) in [5, 5.41) is 4.31. The summed E-state index contributed by atoms with van der Waals surface area (Å²) in [6.45, 7) is 0. The summed E-state index contributed by atoms with van der Waals surface area (Å²) in [5.41, 5.74) is 0. The van der Waals surface area contributed by atoms with Gasteiger partial charge in [-0.05, 0) is 36.4 Å². The number of halogens is 1. The van der Waals surface area contributed by atoms with E-state index in [2.05, 4.69) is 116 Å². The summed E-state index contributed by atoms with van der Waals surface area (Å²) in [6, 6.07) is 32.5. The molecule has 0 atom stereocenters. The van der Waals surface area contributed by atoms with E-state index < -0.39 is 7.92 Å². The van der Waals surface area contributed by atoms with Gasteiger partial charge in [0.1, 0.15) is 15.9 Å². The van der Waals surface area contributed by atoms with Crippen LogP contribution in [0.5, 0.6) is 0 Å². The SMILES string of the molecule is [Cl][Ni].c1ccc([PH+](c2ccccc2)c2ccccc2)cc1. The molecule has 0 nitrogen and oxygen atoms in total. The Balaban J connectivity index is 0.000000774. The van der Waals surface area contributed by atoms with Crippen molar-refractivity contribution in [2.45, 2.75) is 0 Å². The van der Waals surface area contributed by atoms with Gasteiger partial charge in [-0.3, -0.25) is 0 Å². The molecule has 3 rings (SSSR count). The minimum Gasteiger partial charge on any atom is -0.0620 e. The van der Waals surface area contributed by atoms with Crippen LogP contribution in [0, 0.1) is 0 Å². The van der Waals surface area contributed by atoms with Gasteiger partial charge in [0.15, 0.2) is 0 Å². The van der Waals surface area contributed by atoms with Gasteiger partial charge in [0.25, 0.3) is 0 Å².